The van der Waals surface area contributed by atoms with Gasteiger partial charge in [0.1, 0.15) is 19.3 Å². The Labute approximate surface area is 204 Å². The maximum atomic E-state index is 12.5. The predicted molar refractivity (Wildman–Crippen MR) is 130 cm³/mol. The molecular formula is C27H30N2O6. The molecule has 2 aromatic carbocycles. The van der Waals surface area contributed by atoms with Gasteiger partial charge < -0.3 is 24.8 Å². The highest BCUT2D eigenvalue weighted by molar-refractivity contribution is 5.81. The van der Waals surface area contributed by atoms with E-state index in [-0.39, 0.29) is 31.5 Å². The first-order valence-corrected chi connectivity index (χ1v) is 11.8. The van der Waals surface area contributed by atoms with E-state index in [4.69, 9.17) is 9.47 Å². The fourth-order valence-corrected chi connectivity index (χ4v) is 4.91. The van der Waals surface area contributed by atoms with E-state index in [0.29, 0.717) is 25.9 Å². The van der Waals surface area contributed by atoms with Crippen LogP contribution in [0.4, 0.5) is 9.59 Å². The van der Waals surface area contributed by atoms with Gasteiger partial charge in [-0.2, -0.15) is 0 Å². The molecule has 1 aliphatic carbocycles. The molecule has 1 heterocycles. The summed E-state index contributed by atoms with van der Waals surface area (Å²) >= 11 is 0. The molecule has 2 amide bonds. The zero-order valence-corrected chi connectivity index (χ0v) is 19.5. The van der Waals surface area contributed by atoms with E-state index in [2.05, 4.69) is 24.0 Å². The van der Waals surface area contributed by atoms with E-state index in [9.17, 15) is 19.5 Å². The second-order valence-electron chi connectivity index (χ2n) is 8.89. The molecule has 1 saturated heterocycles. The molecule has 4 rings (SSSR count). The summed E-state index contributed by atoms with van der Waals surface area (Å²) < 4.78 is 10.6. The first kappa shape index (κ1) is 24.3. The van der Waals surface area contributed by atoms with Crippen molar-refractivity contribution in [3.63, 3.8) is 0 Å². The first-order valence-electron chi connectivity index (χ1n) is 11.8. The molecule has 1 fully saturated rings. The number of nitrogens with one attached hydrogen (secondary N) is 1. The van der Waals surface area contributed by atoms with Crippen molar-refractivity contribution in [1.82, 2.24) is 10.2 Å². The Balaban J connectivity index is 1.30. The molecule has 8 nitrogen and oxygen atoms in total. The number of hydrogen-bond acceptors (Lipinski definition) is 5. The lowest BCUT2D eigenvalue weighted by Crippen LogP contribution is -2.45. The molecule has 2 aliphatic rings. The van der Waals surface area contributed by atoms with Gasteiger partial charge in [0.2, 0.25) is 0 Å². The van der Waals surface area contributed by atoms with Crippen molar-refractivity contribution in [2.75, 3.05) is 26.3 Å². The fraction of sp³-hybridized carbons (Fsp3) is 0.370. The van der Waals surface area contributed by atoms with Crippen LogP contribution >= 0.6 is 0 Å². The second-order valence-corrected chi connectivity index (χ2v) is 8.89. The van der Waals surface area contributed by atoms with Crippen molar-refractivity contribution in [2.45, 2.75) is 31.2 Å². The Bertz CT molecular complexity index is 1050. The predicted octanol–water partition coefficient (Wildman–Crippen LogP) is 4.40. The number of carboxylic acids is 1. The smallest absolute Gasteiger partial charge is 0.410 e. The highest BCUT2D eigenvalue weighted by atomic mass is 16.6. The number of carboxylic acid groups (broad SMARTS) is 1. The van der Waals surface area contributed by atoms with E-state index in [0.717, 1.165) is 22.3 Å². The number of hydrogen-bond donors (Lipinski definition) is 2. The number of amides is 2. The molecule has 2 aromatic rings. The van der Waals surface area contributed by atoms with Crippen LogP contribution in [0.3, 0.4) is 0 Å². The van der Waals surface area contributed by atoms with Crippen molar-refractivity contribution in [3.05, 3.63) is 72.3 Å². The van der Waals surface area contributed by atoms with Gasteiger partial charge in [-0.05, 0) is 47.4 Å². The molecule has 35 heavy (non-hydrogen) atoms. The van der Waals surface area contributed by atoms with Crippen LogP contribution in [-0.2, 0) is 14.3 Å². The average molecular weight is 479 g/mol. The number of fused-ring (bicyclic) bond motifs is 3. The molecule has 0 bridgehead atoms. The largest absolute Gasteiger partial charge is 0.480 e. The van der Waals surface area contributed by atoms with Gasteiger partial charge >= 0.3 is 18.2 Å². The summed E-state index contributed by atoms with van der Waals surface area (Å²) in [4.78, 5) is 37.9. The molecule has 0 aromatic heterocycles. The Morgan fingerprint density at radius 1 is 1.03 bits per heavy atom. The number of alkyl carbamates (subject to hydrolysis) is 1. The SMILES string of the molecule is C=CCOC(=O)N1CCC(CC(NC(=O)OCC2c3ccccc3-c3ccccc32)C(=O)O)CC1. The Hall–Kier alpha value is -3.81. The van der Waals surface area contributed by atoms with Gasteiger partial charge in [0.25, 0.3) is 0 Å². The summed E-state index contributed by atoms with van der Waals surface area (Å²) in [6, 6.07) is 15.0. The number of benzene rings is 2. The zero-order valence-electron chi connectivity index (χ0n) is 19.5. The van der Waals surface area contributed by atoms with Crippen LogP contribution in [0.2, 0.25) is 0 Å². The molecule has 2 N–H and O–H groups in total. The van der Waals surface area contributed by atoms with Crippen molar-refractivity contribution < 1.29 is 29.0 Å². The van der Waals surface area contributed by atoms with Gasteiger partial charge in [0.05, 0.1) is 0 Å². The van der Waals surface area contributed by atoms with E-state index in [1.165, 1.54) is 6.08 Å². The van der Waals surface area contributed by atoms with Crippen LogP contribution in [-0.4, -0.2) is 60.5 Å². The molecule has 1 aliphatic heterocycles. The first-order chi connectivity index (χ1) is 17.0. The van der Waals surface area contributed by atoms with Crippen molar-refractivity contribution in [2.24, 2.45) is 5.92 Å². The summed E-state index contributed by atoms with van der Waals surface area (Å²) in [6.07, 6.45) is 1.92. The Morgan fingerprint density at radius 3 is 2.20 bits per heavy atom. The fourth-order valence-electron chi connectivity index (χ4n) is 4.91. The van der Waals surface area contributed by atoms with Crippen LogP contribution in [0.5, 0.6) is 0 Å². The number of nitrogens with zero attached hydrogens (tertiary/aromatic N) is 1. The summed E-state index contributed by atoms with van der Waals surface area (Å²) in [6.45, 7) is 4.77. The van der Waals surface area contributed by atoms with Crippen LogP contribution in [0, 0.1) is 5.92 Å². The topological polar surface area (TPSA) is 105 Å². The standard InChI is InChI=1S/C27H30N2O6/c1-2-15-34-27(33)29-13-11-18(12-14-29)16-24(25(30)31)28-26(32)35-17-23-21-9-5-3-7-19(21)20-8-4-6-10-22(20)23/h2-10,18,23-24H,1,11-17H2,(H,28,32)(H,30,31). The monoisotopic (exact) mass is 478 g/mol. The molecule has 0 radical (unpaired) electrons. The van der Waals surface area contributed by atoms with Crippen LogP contribution in [0.15, 0.2) is 61.2 Å². The van der Waals surface area contributed by atoms with Gasteiger partial charge in [0.15, 0.2) is 0 Å². The van der Waals surface area contributed by atoms with Crippen LogP contribution in [0.1, 0.15) is 36.3 Å². The van der Waals surface area contributed by atoms with Crippen molar-refractivity contribution >= 4 is 18.2 Å². The summed E-state index contributed by atoms with van der Waals surface area (Å²) in [5.41, 5.74) is 4.43. The minimum atomic E-state index is -1.11. The number of carbonyl (C=O) groups excluding carboxylic acids is 2. The van der Waals surface area contributed by atoms with Crippen LogP contribution in [0.25, 0.3) is 11.1 Å². The van der Waals surface area contributed by atoms with Gasteiger partial charge in [-0.3, -0.25) is 0 Å². The molecule has 1 unspecified atom stereocenters. The third-order valence-electron chi connectivity index (χ3n) is 6.70. The minimum absolute atomic E-state index is 0.0634. The second kappa shape index (κ2) is 11.1. The Morgan fingerprint density at radius 2 is 1.63 bits per heavy atom. The summed E-state index contributed by atoms with van der Waals surface area (Å²) in [7, 11) is 0. The maximum Gasteiger partial charge on any atom is 0.410 e. The van der Waals surface area contributed by atoms with Gasteiger partial charge in [-0.15, -0.1) is 0 Å². The van der Waals surface area contributed by atoms with Crippen LogP contribution < -0.4 is 5.32 Å². The lowest BCUT2D eigenvalue weighted by atomic mass is 9.90. The highest BCUT2D eigenvalue weighted by Gasteiger charge is 2.31. The van der Waals surface area contributed by atoms with E-state index in [1.54, 1.807) is 4.90 Å². The average Bonchev–Trinajstić information content (AvgIpc) is 3.19. The third kappa shape index (κ3) is 5.65. The highest BCUT2D eigenvalue weighted by Crippen LogP contribution is 2.44. The number of carbonyl (C=O) groups is 3. The molecule has 184 valence electrons. The number of aliphatic carboxylic acids is 1. The van der Waals surface area contributed by atoms with Gasteiger partial charge in [0, 0.05) is 19.0 Å². The van der Waals surface area contributed by atoms with Gasteiger partial charge in [-0.1, -0.05) is 61.2 Å². The number of likely N-dealkylation sites (tertiary alicyclic amines) is 1. The van der Waals surface area contributed by atoms with Gasteiger partial charge in [-0.25, -0.2) is 14.4 Å². The quantitative estimate of drug-likeness (QED) is 0.545. The summed E-state index contributed by atoms with van der Waals surface area (Å²) in [5, 5.41) is 12.2. The molecule has 8 heteroatoms. The normalized spacial score (nSPS) is 16.1. The summed E-state index contributed by atoms with van der Waals surface area (Å²) in [5.74, 6) is -1.14. The molecule has 0 spiro atoms. The Kier molecular flexibility index (Phi) is 7.70. The molecular weight excluding hydrogens is 448 g/mol. The lowest BCUT2D eigenvalue weighted by molar-refractivity contribution is -0.140. The molecule has 1 atom stereocenters. The minimum Gasteiger partial charge on any atom is -0.480 e. The van der Waals surface area contributed by atoms with E-state index >= 15 is 0 Å². The van der Waals surface area contributed by atoms with E-state index in [1.807, 2.05) is 36.4 Å². The number of piperidine rings is 1. The number of ether oxygens (including phenoxy) is 2. The lowest BCUT2D eigenvalue weighted by Gasteiger charge is -2.32. The van der Waals surface area contributed by atoms with Crippen molar-refractivity contribution in [1.29, 1.82) is 0 Å². The maximum absolute atomic E-state index is 12.5. The van der Waals surface area contributed by atoms with E-state index < -0.39 is 24.2 Å². The molecule has 0 saturated carbocycles. The number of rotatable bonds is 8. The third-order valence-corrected chi connectivity index (χ3v) is 6.70. The van der Waals surface area contributed by atoms with Crippen molar-refractivity contribution in [3.8, 4) is 11.1 Å². The zero-order chi connectivity index (χ0) is 24.8.